The lowest BCUT2D eigenvalue weighted by Crippen LogP contribution is -2.40. The van der Waals surface area contributed by atoms with E-state index in [-0.39, 0.29) is 31.0 Å². The van der Waals surface area contributed by atoms with Gasteiger partial charge in [0.15, 0.2) is 0 Å². The number of esters is 1. The van der Waals surface area contributed by atoms with E-state index in [1.165, 1.54) is 6.92 Å². The molecule has 14 heteroatoms. The predicted molar refractivity (Wildman–Crippen MR) is 89.7 cm³/mol. The fourth-order valence-corrected chi connectivity index (χ4v) is 3.91. The second kappa shape index (κ2) is 8.89. The van der Waals surface area contributed by atoms with Crippen LogP contribution in [0.2, 0.25) is 0 Å². The van der Waals surface area contributed by atoms with Gasteiger partial charge >= 0.3 is 21.5 Å². The Labute approximate surface area is 159 Å². The molecule has 0 saturated heterocycles. The van der Waals surface area contributed by atoms with E-state index in [1.807, 2.05) is 0 Å². The molecule has 0 aromatic heterocycles. The Balaban J connectivity index is 2.74. The molecule has 28 heavy (non-hydrogen) atoms. The minimum absolute atomic E-state index is 0.0264. The number of rotatable bonds is 9. The summed E-state index contributed by atoms with van der Waals surface area (Å²) < 4.78 is 90.6. The van der Waals surface area contributed by atoms with Crippen LogP contribution in [-0.4, -0.2) is 45.4 Å². The van der Waals surface area contributed by atoms with Crippen molar-refractivity contribution >= 4 is 26.0 Å². The van der Waals surface area contributed by atoms with Gasteiger partial charge < -0.3 is 14.7 Å². The summed E-state index contributed by atoms with van der Waals surface area (Å²) >= 11 is 0. The molecule has 158 valence electrons. The van der Waals surface area contributed by atoms with Gasteiger partial charge in [-0.1, -0.05) is 6.58 Å². The number of halogens is 3. The highest BCUT2D eigenvalue weighted by atomic mass is 32.3. The fourth-order valence-electron chi connectivity index (χ4n) is 1.54. The summed E-state index contributed by atoms with van der Waals surface area (Å²) in [6.07, 6.45) is 0.275. The second-order valence-electron chi connectivity index (χ2n) is 5.21. The van der Waals surface area contributed by atoms with Gasteiger partial charge in [-0.3, -0.25) is 0 Å². The molecule has 0 fully saturated rings. The molecular formula is C14H15F3NO8S2-. The average molecular weight is 446 g/mol. The van der Waals surface area contributed by atoms with E-state index >= 15 is 0 Å². The van der Waals surface area contributed by atoms with E-state index in [4.69, 9.17) is 9.47 Å². The zero-order valence-corrected chi connectivity index (χ0v) is 15.9. The van der Waals surface area contributed by atoms with Gasteiger partial charge in [0.1, 0.15) is 5.75 Å². The van der Waals surface area contributed by atoms with Crippen LogP contribution in [0.25, 0.3) is 0 Å². The standard InChI is InChI=1S/C14H15F3NO8S2/c1-10(2)13(19)26-9-3-8-25-11-4-6-12(7-5-11)27(21,22)18(20)28(23,24)14(15,16)17/h4-7H,1,3,8-9H2,2H3/q-1. The van der Waals surface area contributed by atoms with Crippen molar-refractivity contribution in [2.24, 2.45) is 0 Å². The van der Waals surface area contributed by atoms with Crippen LogP contribution < -0.4 is 4.74 Å². The van der Waals surface area contributed by atoms with Crippen molar-refractivity contribution in [1.82, 2.24) is 3.87 Å². The maximum atomic E-state index is 12.3. The van der Waals surface area contributed by atoms with Gasteiger partial charge in [-0.15, -0.1) is 0 Å². The van der Waals surface area contributed by atoms with Gasteiger partial charge in [0, 0.05) is 12.0 Å². The molecule has 1 rings (SSSR count). The topological polar surface area (TPSA) is 130 Å². The molecule has 0 spiro atoms. The van der Waals surface area contributed by atoms with Crippen LogP contribution in [0.5, 0.6) is 5.75 Å². The SMILES string of the molecule is C=C(C)C(=O)OCCCOc1ccc(S(=O)(=O)N([O-])S(=O)(=O)C(F)(F)F)cc1. The van der Waals surface area contributed by atoms with Crippen LogP contribution in [0.3, 0.4) is 0 Å². The highest BCUT2D eigenvalue weighted by molar-refractivity contribution is 8.04. The summed E-state index contributed by atoms with van der Waals surface area (Å²) in [6, 6.07) is 3.45. The van der Waals surface area contributed by atoms with Crippen LogP contribution in [0.1, 0.15) is 13.3 Å². The molecule has 0 aliphatic carbocycles. The third-order valence-electron chi connectivity index (χ3n) is 2.95. The molecule has 0 saturated carbocycles. The molecule has 1 aromatic rings. The Bertz CT molecular complexity index is 924. The summed E-state index contributed by atoms with van der Waals surface area (Å²) in [5, 5.41) is 11.3. The summed E-state index contributed by atoms with van der Waals surface area (Å²) in [5.74, 6) is -0.494. The monoisotopic (exact) mass is 446 g/mol. The zero-order valence-electron chi connectivity index (χ0n) is 14.3. The molecule has 1 aromatic carbocycles. The zero-order chi connectivity index (χ0) is 21.8. The summed E-state index contributed by atoms with van der Waals surface area (Å²) in [6.45, 7) is 4.93. The van der Waals surface area contributed by atoms with Gasteiger partial charge in [-0.25, -0.2) is 21.6 Å². The first-order chi connectivity index (χ1) is 12.7. The van der Waals surface area contributed by atoms with Crippen molar-refractivity contribution in [3.05, 3.63) is 41.6 Å². The van der Waals surface area contributed by atoms with Crippen molar-refractivity contribution in [3.63, 3.8) is 0 Å². The fraction of sp³-hybridized carbons (Fsp3) is 0.357. The Hall–Kier alpha value is -2.16. The lowest BCUT2D eigenvalue weighted by atomic mass is 10.3. The van der Waals surface area contributed by atoms with E-state index in [1.54, 1.807) is 0 Å². The highest BCUT2D eigenvalue weighted by Crippen LogP contribution is 2.30. The largest absolute Gasteiger partial charge is 0.758 e. The summed E-state index contributed by atoms with van der Waals surface area (Å²) in [5.41, 5.74) is -5.85. The minimum atomic E-state index is -6.62. The lowest BCUT2D eigenvalue weighted by molar-refractivity contribution is -0.139. The molecule has 0 atom stereocenters. The smallest absolute Gasteiger partial charge is 0.511 e. The van der Waals surface area contributed by atoms with Crippen molar-refractivity contribution in [2.75, 3.05) is 13.2 Å². The Kier molecular flexibility index (Phi) is 7.59. The van der Waals surface area contributed by atoms with Crippen LogP contribution in [0, 0.1) is 5.21 Å². The first-order valence-corrected chi connectivity index (χ1v) is 10.2. The molecule has 0 aliphatic rings. The van der Waals surface area contributed by atoms with E-state index < -0.39 is 40.3 Å². The third kappa shape index (κ3) is 5.67. The van der Waals surface area contributed by atoms with Crippen molar-refractivity contribution in [3.8, 4) is 5.75 Å². The molecule has 0 radical (unpaired) electrons. The number of alkyl halides is 3. The van der Waals surface area contributed by atoms with Gasteiger partial charge in [-0.05, 0) is 31.2 Å². The van der Waals surface area contributed by atoms with E-state index in [9.17, 15) is 40.0 Å². The molecule has 0 unspecified atom stereocenters. The molecule has 0 aliphatic heterocycles. The normalized spacial score (nSPS) is 12.6. The number of hydrogen-bond donors (Lipinski definition) is 0. The maximum Gasteiger partial charge on any atom is 0.511 e. The Morgan fingerprint density at radius 3 is 2.14 bits per heavy atom. The molecule has 0 bridgehead atoms. The second-order valence-corrected chi connectivity index (χ2v) is 8.94. The molecular weight excluding hydrogens is 431 g/mol. The van der Waals surface area contributed by atoms with E-state index in [0.717, 1.165) is 12.1 Å². The predicted octanol–water partition coefficient (Wildman–Crippen LogP) is 1.91. The number of carbonyl (C=O) groups excluding carboxylic acids is 1. The van der Waals surface area contributed by atoms with Crippen LogP contribution in [0.4, 0.5) is 13.2 Å². The number of hydrogen-bond acceptors (Lipinski definition) is 8. The quantitative estimate of drug-likeness (QED) is 0.243. The number of benzene rings is 1. The molecule has 0 amide bonds. The van der Waals surface area contributed by atoms with Gasteiger partial charge in [0.2, 0.25) is 10.0 Å². The number of ether oxygens (including phenoxy) is 2. The van der Waals surface area contributed by atoms with Crippen molar-refractivity contribution in [2.45, 2.75) is 23.7 Å². The van der Waals surface area contributed by atoms with Gasteiger partial charge in [-0.2, -0.15) is 17.0 Å². The number of sulfonamides is 2. The first-order valence-electron chi connectivity index (χ1n) is 7.30. The third-order valence-corrected chi connectivity index (χ3v) is 6.36. The van der Waals surface area contributed by atoms with Crippen molar-refractivity contribution < 1.29 is 44.3 Å². The average Bonchev–Trinajstić information content (AvgIpc) is 2.59. The number of nitrogens with zero attached hydrogens (tertiary/aromatic N) is 1. The highest BCUT2D eigenvalue weighted by Gasteiger charge is 2.50. The minimum Gasteiger partial charge on any atom is -0.758 e. The van der Waals surface area contributed by atoms with Crippen molar-refractivity contribution in [1.29, 1.82) is 0 Å². The van der Waals surface area contributed by atoms with Gasteiger partial charge in [0.25, 0.3) is 0 Å². The molecule has 0 N–H and O–H groups in total. The van der Waals surface area contributed by atoms with Crippen LogP contribution in [0.15, 0.2) is 41.3 Å². The Morgan fingerprint density at radius 2 is 1.68 bits per heavy atom. The lowest BCUT2D eigenvalue weighted by Gasteiger charge is -2.27. The Morgan fingerprint density at radius 1 is 1.14 bits per heavy atom. The summed E-state index contributed by atoms with van der Waals surface area (Å²) in [4.78, 5) is 10.2. The first kappa shape index (κ1) is 23.9. The van der Waals surface area contributed by atoms with Crippen LogP contribution in [-0.2, 0) is 29.6 Å². The van der Waals surface area contributed by atoms with E-state index in [2.05, 4.69) is 6.58 Å². The number of carbonyl (C=O) groups is 1. The molecule has 0 heterocycles. The van der Waals surface area contributed by atoms with Gasteiger partial charge in [0.05, 0.1) is 18.1 Å². The van der Waals surface area contributed by atoms with E-state index in [0.29, 0.717) is 12.1 Å². The molecule has 9 nitrogen and oxygen atoms in total. The maximum absolute atomic E-state index is 12.3. The van der Waals surface area contributed by atoms with Crippen LogP contribution >= 0.6 is 0 Å². The summed E-state index contributed by atoms with van der Waals surface area (Å²) in [7, 11) is -12.1.